The van der Waals surface area contributed by atoms with Crippen molar-refractivity contribution < 1.29 is 42.1 Å². The largest absolute Gasteiger partial charge is 0.423 e. The molecule has 38 heavy (non-hydrogen) atoms. The second-order valence-electron chi connectivity index (χ2n) is 8.94. The fourth-order valence-corrected chi connectivity index (χ4v) is 4.24. The maximum absolute atomic E-state index is 14.4. The molecular formula is C27H26FN2O8+. The monoisotopic (exact) mass is 525 g/mol. The number of halogens is 1. The number of aromatic nitrogens is 1. The second kappa shape index (κ2) is 11.3. The van der Waals surface area contributed by atoms with E-state index in [4.69, 9.17) is 14.0 Å². The first-order chi connectivity index (χ1) is 18.1. The molecule has 4 rings (SSSR count). The van der Waals surface area contributed by atoms with Crippen LogP contribution >= 0.6 is 0 Å². The first kappa shape index (κ1) is 26.6. The van der Waals surface area contributed by atoms with E-state index < -0.39 is 35.2 Å². The van der Waals surface area contributed by atoms with Gasteiger partial charge in [0.15, 0.2) is 24.0 Å². The van der Waals surface area contributed by atoms with E-state index in [0.717, 1.165) is 19.8 Å². The van der Waals surface area contributed by atoms with Crippen molar-refractivity contribution in [2.45, 2.75) is 58.9 Å². The zero-order chi connectivity index (χ0) is 27.4. The number of ether oxygens (including phenoxy) is 1. The number of aryl methyl sites for hydroxylation is 2. The molecule has 0 spiro atoms. The number of benzene rings is 1. The highest BCUT2D eigenvalue weighted by atomic mass is 19.1. The van der Waals surface area contributed by atoms with Crippen molar-refractivity contribution in [2.24, 2.45) is 0 Å². The van der Waals surface area contributed by atoms with Gasteiger partial charge in [-0.15, -0.1) is 5.06 Å². The van der Waals surface area contributed by atoms with Crippen molar-refractivity contribution in [2.75, 3.05) is 0 Å². The third kappa shape index (κ3) is 5.93. The Morgan fingerprint density at radius 1 is 1.05 bits per heavy atom. The van der Waals surface area contributed by atoms with E-state index in [1.165, 1.54) is 12.1 Å². The zero-order valence-corrected chi connectivity index (χ0v) is 21.0. The molecule has 0 saturated carbocycles. The lowest BCUT2D eigenvalue weighted by atomic mass is 10.0. The van der Waals surface area contributed by atoms with Gasteiger partial charge in [0.1, 0.15) is 12.1 Å². The maximum Gasteiger partial charge on any atom is 0.344 e. The number of hydrogen-bond acceptors (Lipinski definition) is 8. The zero-order valence-electron chi connectivity index (χ0n) is 21.0. The number of pyridine rings is 1. The van der Waals surface area contributed by atoms with Crippen LogP contribution in [0.2, 0.25) is 0 Å². The SMILES string of the molecule is CC(=O)Oc1cc2oc(=O)c(-c3cc[n+](CCCCCC(=O)ON4C(=O)CCC4=O)cc3)c(C)c2cc1F. The molecular weight excluding hydrogens is 499 g/mol. The molecule has 2 aromatic heterocycles. The number of fused-ring (bicyclic) bond motifs is 1. The topological polar surface area (TPSA) is 124 Å². The molecule has 0 aliphatic carbocycles. The van der Waals surface area contributed by atoms with Gasteiger partial charge in [0.05, 0.1) is 5.56 Å². The molecule has 3 heterocycles. The number of hydrogen-bond donors (Lipinski definition) is 0. The standard InChI is InChI=1S/C27H26FN2O8/c1-16-19-14-20(28)22(36-17(2)31)15-21(19)37-27(35)26(16)18-9-12-29(13-10-18)11-5-3-4-6-25(34)38-30-23(32)7-8-24(30)33/h9-10,12-15H,3-8,11H2,1-2H3/q+1. The van der Waals surface area contributed by atoms with Gasteiger partial charge in [-0.3, -0.25) is 14.4 Å². The Bertz CT molecular complexity index is 1460. The lowest BCUT2D eigenvalue weighted by Gasteiger charge is -2.12. The first-order valence-electron chi connectivity index (χ1n) is 12.2. The van der Waals surface area contributed by atoms with E-state index in [1.54, 1.807) is 19.1 Å². The van der Waals surface area contributed by atoms with Crippen molar-refractivity contribution in [1.82, 2.24) is 5.06 Å². The van der Waals surface area contributed by atoms with Gasteiger partial charge in [0.2, 0.25) is 0 Å². The molecule has 1 fully saturated rings. The van der Waals surface area contributed by atoms with Crippen molar-refractivity contribution in [3.63, 3.8) is 0 Å². The summed E-state index contributed by atoms with van der Waals surface area (Å²) < 4.78 is 26.6. The van der Waals surface area contributed by atoms with Crippen LogP contribution < -0.4 is 14.9 Å². The maximum atomic E-state index is 14.4. The van der Waals surface area contributed by atoms with Gasteiger partial charge in [-0.1, -0.05) is 0 Å². The molecule has 3 aromatic rings. The summed E-state index contributed by atoms with van der Waals surface area (Å²) in [6.45, 7) is 3.51. The summed E-state index contributed by atoms with van der Waals surface area (Å²) in [5.74, 6) is -3.35. The summed E-state index contributed by atoms with van der Waals surface area (Å²) in [7, 11) is 0. The van der Waals surface area contributed by atoms with E-state index >= 15 is 0 Å². The highest BCUT2D eigenvalue weighted by molar-refractivity contribution is 6.01. The fraction of sp³-hybridized carbons (Fsp3) is 0.333. The minimum absolute atomic E-state index is 0.0600. The summed E-state index contributed by atoms with van der Waals surface area (Å²) in [6.07, 6.45) is 5.86. The summed E-state index contributed by atoms with van der Waals surface area (Å²) in [6, 6.07) is 5.88. The number of nitrogens with zero attached hydrogens (tertiary/aromatic N) is 2. The Balaban J connectivity index is 1.35. The van der Waals surface area contributed by atoms with Crippen LogP contribution in [-0.2, 0) is 30.6 Å². The molecule has 1 aliphatic rings. The van der Waals surface area contributed by atoms with Gasteiger partial charge in [-0.25, -0.2) is 18.5 Å². The molecule has 11 heteroatoms. The van der Waals surface area contributed by atoms with Crippen LogP contribution in [0.5, 0.6) is 5.75 Å². The summed E-state index contributed by atoms with van der Waals surface area (Å²) in [5.41, 5.74) is 0.955. The van der Waals surface area contributed by atoms with Crippen molar-refractivity contribution >= 4 is 34.7 Å². The fourth-order valence-electron chi connectivity index (χ4n) is 4.24. The van der Waals surface area contributed by atoms with Gasteiger partial charge in [-0.05, 0) is 31.4 Å². The van der Waals surface area contributed by atoms with E-state index in [9.17, 15) is 28.4 Å². The Morgan fingerprint density at radius 3 is 2.39 bits per heavy atom. The number of carbonyl (C=O) groups is 4. The minimum Gasteiger partial charge on any atom is -0.423 e. The van der Waals surface area contributed by atoms with Gasteiger partial charge < -0.3 is 14.0 Å². The Kier molecular flexibility index (Phi) is 7.94. The molecule has 198 valence electrons. The molecule has 10 nitrogen and oxygen atoms in total. The number of unbranched alkanes of at least 4 members (excludes halogenated alkanes) is 2. The van der Waals surface area contributed by atoms with Crippen LogP contribution in [-0.4, -0.2) is 28.8 Å². The number of carbonyl (C=O) groups excluding carboxylic acids is 4. The summed E-state index contributed by atoms with van der Waals surface area (Å²) in [5, 5.41) is 0.940. The summed E-state index contributed by atoms with van der Waals surface area (Å²) >= 11 is 0. The highest BCUT2D eigenvalue weighted by Crippen LogP contribution is 2.30. The van der Waals surface area contributed by atoms with E-state index in [0.29, 0.717) is 40.1 Å². The molecule has 1 aliphatic heterocycles. The van der Waals surface area contributed by atoms with Crippen molar-refractivity contribution in [3.05, 3.63) is 58.5 Å². The van der Waals surface area contributed by atoms with Crippen LogP contribution in [0.25, 0.3) is 22.1 Å². The van der Waals surface area contributed by atoms with Crippen LogP contribution in [0.1, 0.15) is 51.0 Å². The third-order valence-corrected chi connectivity index (χ3v) is 6.15. The Hall–Kier alpha value is -4.41. The molecule has 0 unspecified atom stereocenters. The molecule has 1 saturated heterocycles. The molecule has 1 aromatic carbocycles. The Labute approximate surface area is 216 Å². The molecule has 0 radical (unpaired) electrons. The van der Waals surface area contributed by atoms with Crippen LogP contribution in [0.4, 0.5) is 4.39 Å². The Morgan fingerprint density at radius 2 is 1.74 bits per heavy atom. The lowest BCUT2D eigenvalue weighted by molar-refractivity contribution is -0.697. The number of imide groups is 1. The van der Waals surface area contributed by atoms with Gasteiger partial charge >= 0.3 is 17.6 Å². The van der Waals surface area contributed by atoms with E-state index in [1.807, 2.05) is 17.0 Å². The van der Waals surface area contributed by atoms with E-state index in [2.05, 4.69) is 0 Å². The molecule has 2 amide bonds. The highest BCUT2D eigenvalue weighted by Gasteiger charge is 2.32. The summed E-state index contributed by atoms with van der Waals surface area (Å²) in [4.78, 5) is 63.6. The van der Waals surface area contributed by atoms with Crippen molar-refractivity contribution in [1.29, 1.82) is 0 Å². The first-order valence-corrected chi connectivity index (χ1v) is 12.2. The predicted octanol–water partition coefficient (Wildman–Crippen LogP) is 3.29. The van der Waals surface area contributed by atoms with Crippen LogP contribution in [0.3, 0.4) is 0 Å². The smallest absolute Gasteiger partial charge is 0.344 e. The third-order valence-electron chi connectivity index (χ3n) is 6.15. The molecule has 0 bridgehead atoms. The lowest BCUT2D eigenvalue weighted by Crippen LogP contribution is -2.32. The van der Waals surface area contributed by atoms with Crippen LogP contribution in [0.15, 0.2) is 45.9 Å². The van der Waals surface area contributed by atoms with Gasteiger partial charge in [0.25, 0.3) is 11.8 Å². The van der Waals surface area contributed by atoms with Gasteiger partial charge in [0, 0.05) is 61.8 Å². The average Bonchev–Trinajstić information content (AvgIpc) is 3.17. The molecule has 0 atom stereocenters. The quantitative estimate of drug-likeness (QED) is 0.104. The average molecular weight is 526 g/mol. The number of rotatable bonds is 9. The number of amides is 2. The number of hydroxylamine groups is 2. The second-order valence-corrected chi connectivity index (χ2v) is 8.94. The normalized spacial score (nSPS) is 13.3. The minimum atomic E-state index is -0.743. The molecule has 0 N–H and O–H groups in total. The van der Waals surface area contributed by atoms with E-state index in [-0.39, 0.29) is 30.6 Å². The van der Waals surface area contributed by atoms with Gasteiger partial charge in [-0.2, -0.15) is 0 Å². The van der Waals surface area contributed by atoms with Crippen molar-refractivity contribution in [3.8, 4) is 16.9 Å². The predicted molar refractivity (Wildman–Crippen MR) is 130 cm³/mol. The van der Waals surface area contributed by atoms with Crippen LogP contribution in [0, 0.1) is 12.7 Å². The number of esters is 1.